The summed E-state index contributed by atoms with van der Waals surface area (Å²) in [6.07, 6.45) is 2.98. The summed E-state index contributed by atoms with van der Waals surface area (Å²) in [7, 11) is 0. The van der Waals surface area contributed by atoms with Gasteiger partial charge in [-0.2, -0.15) is 5.10 Å². The zero-order chi connectivity index (χ0) is 20.5. The van der Waals surface area contributed by atoms with Crippen molar-refractivity contribution in [3.05, 3.63) is 65.6 Å². The highest BCUT2D eigenvalue weighted by atomic mass is 19.1. The highest BCUT2D eigenvalue weighted by Crippen LogP contribution is 2.35. The minimum absolute atomic E-state index is 0.0662. The van der Waals surface area contributed by atoms with Crippen LogP contribution in [0.2, 0.25) is 0 Å². The predicted molar refractivity (Wildman–Crippen MR) is 109 cm³/mol. The Labute approximate surface area is 173 Å². The number of fused-ring (bicyclic) bond motifs is 1. The number of hydrogen-bond donors (Lipinski definition) is 1. The average Bonchev–Trinajstić information content (AvgIpc) is 3.37. The second-order valence-corrected chi connectivity index (χ2v) is 7.73. The van der Waals surface area contributed by atoms with E-state index in [4.69, 9.17) is 9.47 Å². The smallest absolute Gasteiger partial charge is 0.271 e. The number of likely N-dealkylation sites (tertiary alicyclic amines) is 1. The Kier molecular flexibility index (Phi) is 4.86. The van der Waals surface area contributed by atoms with Gasteiger partial charge in [-0.15, -0.1) is 0 Å². The summed E-state index contributed by atoms with van der Waals surface area (Å²) >= 11 is 0. The maximum absolute atomic E-state index is 13.3. The number of H-pyrrole nitrogens is 1. The molecule has 30 heavy (non-hydrogen) atoms. The number of carbonyl (C=O) groups is 1. The molecule has 0 spiro atoms. The number of carbonyl (C=O) groups excluding carboxylic acids is 1. The number of ether oxygens (including phenoxy) is 2. The number of aromatic amines is 1. The van der Waals surface area contributed by atoms with E-state index in [1.807, 2.05) is 35.2 Å². The van der Waals surface area contributed by atoms with E-state index in [1.165, 1.54) is 12.1 Å². The van der Waals surface area contributed by atoms with Crippen molar-refractivity contribution < 1.29 is 18.7 Å². The van der Waals surface area contributed by atoms with Crippen molar-refractivity contribution in [1.82, 2.24) is 15.1 Å². The Hall–Kier alpha value is -3.35. The number of rotatable bonds is 3. The molecule has 6 nitrogen and oxygen atoms in total. The highest BCUT2D eigenvalue weighted by Gasteiger charge is 2.25. The molecule has 0 radical (unpaired) electrons. The van der Waals surface area contributed by atoms with Crippen LogP contribution in [0.3, 0.4) is 0 Å². The first-order valence-corrected chi connectivity index (χ1v) is 10.2. The first kappa shape index (κ1) is 18.7. The second-order valence-electron chi connectivity index (χ2n) is 7.73. The van der Waals surface area contributed by atoms with Crippen LogP contribution in [0.1, 0.15) is 41.2 Å². The lowest BCUT2D eigenvalue weighted by atomic mass is 9.94. The van der Waals surface area contributed by atoms with Gasteiger partial charge in [0.2, 0.25) is 6.79 Å². The molecular formula is C23H22FN3O3. The van der Waals surface area contributed by atoms with Gasteiger partial charge in [0.25, 0.3) is 5.91 Å². The molecule has 1 unspecified atom stereocenters. The molecule has 154 valence electrons. The minimum atomic E-state index is -0.242. The van der Waals surface area contributed by atoms with E-state index in [9.17, 15) is 9.18 Å². The van der Waals surface area contributed by atoms with Gasteiger partial charge in [0.1, 0.15) is 11.5 Å². The summed E-state index contributed by atoms with van der Waals surface area (Å²) in [5.41, 5.74) is 3.07. The fourth-order valence-electron chi connectivity index (χ4n) is 4.14. The van der Waals surface area contributed by atoms with Gasteiger partial charge < -0.3 is 14.4 Å². The summed E-state index contributed by atoms with van der Waals surface area (Å²) < 4.78 is 24.1. The van der Waals surface area contributed by atoms with Crippen molar-refractivity contribution in [2.75, 3.05) is 19.9 Å². The van der Waals surface area contributed by atoms with Gasteiger partial charge in [0.15, 0.2) is 11.5 Å². The molecule has 0 aliphatic carbocycles. The summed E-state index contributed by atoms with van der Waals surface area (Å²) in [5, 5.41) is 7.22. The number of amides is 1. The van der Waals surface area contributed by atoms with Gasteiger partial charge in [-0.3, -0.25) is 9.89 Å². The summed E-state index contributed by atoms with van der Waals surface area (Å²) in [6.45, 7) is 1.53. The first-order valence-electron chi connectivity index (χ1n) is 10.2. The number of aromatic nitrogens is 2. The second kappa shape index (κ2) is 7.82. The van der Waals surface area contributed by atoms with Crippen molar-refractivity contribution in [3.8, 4) is 22.8 Å². The molecule has 2 aromatic carbocycles. The molecule has 2 aliphatic rings. The van der Waals surface area contributed by atoms with Gasteiger partial charge in [-0.1, -0.05) is 18.6 Å². The van der Waals surface area contributed by atoms with Crippen LogP contribution >= 0.6 is 0 Å². The van der Waals surface area contributed by atoms with Crippen molar-refractivity contribution in [3.63, 3.8) is 0 Å². The number of halogens is 1. The average molecular weight is 407 g/mol. The van der Waals surface area contributed by atoms with Crippen LogP contribution < -0.4 is 9.47 Å². The SMILES string of the molecule is O=C(c1cc(-c2ccc3c(c2)OCO3)n[nH]1)N1CCCCC(c2ccc(F)cc2)C1. The van der Waals surface area contributed by atoms with Crippen molar-refractivity contribution in [2.45, 2.75) is 25.2 Å². The van der Waals surface area contributed by atoms with Gasteiger partial charge in [0, 0.05) is 24.6 Å². The van der Waals surface area contributed by atoms with Crippen molar-refractivity contribution in [1.29, 1.82) is 0 Å². The van der Waals surface area contributed by atoms with Crippen molar-refractivity contribution in [2.24, 2.45) is 0 Å². The van der Waals surface area contributed by atoms with E-state index in [-0.39, 0.29) is 24.4 Å². The van der Waals surface area contributed by atoms with Crippen LogP contribution in [0.15, 0.2) is 48.5 Å². The van der Waals surface area contributed by atoms with Crippen LogP contribution in [-0.4, -0.2) is 40.9 Å². The minimum Gasteiger partial charge on any atom is -0.454 e. The molecule has 2 aliphatic heterocycles. The zero-order valence-corrected chi connectivity index (χ0v) is 16.4. The molecule has 1 atom stereocenters. The molecule has 1 fully saturated rings. The molecule has 1 N–H and O–H groups in total. The van der Waals surface area contributed by atoms with E-state index < -0.39 is 0 Å². The van der Waals surface area contributed by atoms with E-state index in [2.05, 4.69) is 10.2 Å². The molecule has 1 amide bonds. The zero-order valence-electron chi connectivity index (χ0n) is 16.4. The van der Waals surface area contributed by atoms with E-state index in [0.29, 0.717) is 36.0 Å². The third-order valence-electron chi connectivity index (χ3n) is 5.78. The lowest BCUT2D eigenvalue weighted by molar-refractivity contribution is 0.0748. The van der Waals surface area contributed by atoms with E-state index >= 15 is 0 Å². The fraction of sp³-hybridized carbons (Fsp3) is 0.304. The summed E-state index contributed by atoms with van der Waals surface area (Å²) in [4.78, 5) is 15.0. The van der Waals surface area contributed by atoms with Gasteiger partial charge in [-0.05, 0) is 54.8 Å². The summed E-state index contributed by atoms with van der Waals surface area (Å²) in [6, 6.07) is 14.0. The number of hydrogen-bond acceptors (Lipinski definition) is 4. The van der Waals surface area contributed by atoms with Crippen LogP contribution in [0, 0.1) is 5.82 Å². The third kappa shape index (κ3) is 3.63. The largest absolute Gasteiger partial charge is 0.454 e. The van der Waals surface area contributed by atoms with Crippen LogP contribution in [0.5, 0.6) is 11.5 Å². The fourth-order valence-corrected chi connectivity index (χ4v) is 4.14. The van der Waals surface area contributed by atoms with Crippen LogP contribution in [0.4, 0.5) is 4.39 Å². The van der Waals surface area contributed by atoms with Gasteiger partial charge >= 0.3 is 0 Å². The maximum Gasteiger partial charge on any atom is 0.271 e. The van der Waals surface area contributed by atoms with E-state index in [1.54, 1.807) is 6.07 Å². The predicted octanol–water partition coefficient (Wildman–Crippen LogP) is 4.35. The number of nitrogens with one attached hydrogen (secondary N) is 1. The van der Waals surface area contributed by atoms with Gasteiger partial charge in [0.05, 0.1) is 5.69 Å². The maximum atomic E-state index is 13.3. The molecule has 0 bridgehead atoms. The monoisotopic (exact) mass is 407 g/mol. The van der Waals surface area contributed by atoms with Crippen LogP contribution in [-0.2, 0) is 0 Å². The molecule has 7 heteroatoms. The topological polar surface area (TPSA) is 67.5 Å². The Bertz CT molecular complexity index is 1060. The molecule has 3 heterocycles. The lowest BCUT2D eigenvalue weighted by Gasteiger charge is -2.24. The highest BCUT2D eigenvalue weighted by molar-refractivity contribution is 5.93. The molecule has 1 saturated heterocycles. The summed E-state index contributed by atoms with van der Waals surface area (Å²) in [5.74, 6) is 1.28. The van der Waals surface area contributed by atoms with Gasteiger partial charge in [-0.25, -0.2) is 4.39 Å². The quantitative estimate of drug-likeness (QED) is 0.701. The molecule has 3 aromatic rings. The Morgan fingerprint density at radius 3 is 2.77 bits per heavy atom. The molecular weight excluding hydrogens is 385 g/mol. The first-order chi connectivity index (χ1) is 14.7. The Morgan fingerprint density at radius 2 is 1.90 bits per heavy atom. The standard InChI is InChI=1S/C23H22FN3O3/c24-18-7-4-15(5-8-18)17-3-1-2-10-27(13-17)23(28)20-12-19(25-26-20)16-6-9-21-22(11-16)30-14-29-21/h4-9,11-12,17H,1-3,10,13-14H2,(H,25,26). The molecule has 1 aromatic heterocycles. The number of benzene rings is 2. The Balaban J connectivity index is 1.34. The molecule has 5 rings (SSSR count). The molecule has 0 saturated carbocycles. The normalized spacial score (nSPS) is 18.3. The third-order valence-corrected chi connectivity index (χ3v) is 5.78. The van der Waals surface area contributed by atoms with Crippen LogP contribution in [0.25, 0.3) is 11.3 Å². The van der Waals surface area contributed by atoms with E-state index in [0.717, 1.165) is 30.4 Å². The van der Waals surface area contributed by atoms with Crippen molar-refractivity contribution >= 4 is 5.91 Å². The lowest BCUT2D eigenvalue weighted by Crippen LogP contribution is -2.34. The Morgan fingerprint density at radius 1 is 1.07 bits per heavy atom. The number of nitrogens with zero attached hydrogens (tertiary/aromatic N) is 2.